The Morgan fingerprint density at radius 3 is 3.25 bits per heavy atom. The molecule has 1 fully saturated rings. The number of thioether (sulfide) groups is 1. The van der Waals surface area contributed by atoms with E-state index in [9.17, 15) is 4.79 Å². The van der Waals surface area contributed by atoms with E-state index < -0.39 is 0 Å². The fourth-order valence-corrected chi connectivity index (χ4v) is 2.53. The maximum atomic E-state index is 11.4. The van der Waals surface area contributed by atoms with E-state index in [1.54, 1.807) is 6.08 Å². The first-order chi connectivity index (χ1) is 5.88. The van der Waals surface area contributed by atoms with Gasteiger partial charge >= 0.3 is 0 Å². The number of nitrogens with one attached hydrogen (secondary N) is 1. The number of carbonyl (C=O) groups is 1. The molecule has 1 amide bonds. The highest BCUT2D eigenvalue weighted by Crippen LogP contribution is 2.20. The Morgan fingerprint density at radius 1 is 1.67 bits per heavy atom. The van der Waals surface area contributed by atoms with Gasteiger partial charge in [-0.25, -0.2) is 0 Å². The first kappa shape index (κ1) is 8.13. The van der Waals surface area contributed by atoms with Crippen molar-refractivity contribution in [3.05, 3.63) is 12.2 Å². The summed E-state index contributed by atoms with van der Waals surface area (Å²) in [7, 11) is 0. The molecule has 0 aromatic heterocycles. The van der Waals surface area contributed by atoms with Crippen LogP contribution >= 0.6 is 11.8 Å². The van der Waals surface area contributed by atoms with E-state index >= 15 is 0 Å². The van der Waals surface area contributed by atoms with Crippen molar-refractivity contribution in [2.75, 3.05) is 18.8 Å². The molecule has 2 heterocycles. The van der Waals surface area contributed by atoms with Gasteiger partial charge in [0, 0.05) is 18.8 Å². The molecular weight excluding hydrogens is 172 g/mol. The van der Waals surface area contributed by atoms with Gasteiger partial charge in [0.2, 0.25) is 5.91 Å². The topological polar surface area (TPSA) is 32.3 Å². The third-order valence-electron chi connectivity index (χ3n) is 2.06. The van der Waals surface area contributed by atoms with Crippen LogP contribution in [0.1, 0.15) is 6.42 Å². The summed E-state index contributed by atoms with van der Waals surface area (Å²) in [6, 6.07) is 0. The molecule has 1 saturated heterocycles. The van der Waals surface area contributed by atoms with Crippen molar-refractivity contribution in [1.29, 1.82) is 0 Å². The Balaban J connectivity index is 2.02. The highest BCUT2D eigenvalue weighted by Gasteiger charge is 2.26. The van der Waals surface area contributed by atoms with Gasteiger partial charge in [-0.1, -0.05) is 6.08 Å². The second-order valence-corrected chi connectivity index (χ2v) is 4.09. The molecule has 0 aliphatic carbocycles. The maximum Gasteiger partial charge on any atom is 0.248 e. The van der Waals surface area contributed by atoms with Crippen LogP contribution in [-0.2, 0) is 4.79 Å². The average molecular weight is 184 g/mol. The van der Waals surface area contributed by atoms with Crippen LogP contribution in [0.15, 0.2) is 12.2 Å². The lowest BCUT2D eigenvalue weighted by Crippen LogP contribution is -2.45. The molecule has 2 rings (SSSR count). The van der Waals surface area contributed by atoms with Crippen LogP contribution in [0.2, 0.25) is 0 Å². The lowest BCUT2D eigenvalue weighted by Gasteiger charge is -2.28. The van der Waals surface area contributed by atoms with E-state index in [2.05, 4.69) is 5.32 Å². The van der Waals surface area contributed by atoms with E-state index in [1.165, 1.54) is 0 Å². The van der Waals surface area contributed by atoms with Crippen molar-refractivity contribution < 1.29 is 4.79 Å². The van der Waals surface area contributed by atoms with Gasteiger partial charge in [-0.3, -0.25) is 10.1 Å². The molecule has 66 valence electrons. The van der Waals surface area contributed by atoms with Crippen LogP contribution in [0.4, 0.5) is 0 Å². The number of hydrogen-bond donors (Lipinski definition) is 1. The third-order valence-corrected chi connectivity index (χ3v) is 3.24. The predicted octanol–water partition coefficient (Wildman–Crippen LogP) is 0.395. The van der Waals surface area contributed by atoms with Crippen molar-refractivity contribution in [3.8, 4) is 0 Å². The Labute approximate surface area is 76.2 Å². The molecule has 4 heteroatoms. The summed E-state index contributed by atoms with van der Waals surface area (Å²) >= 11 is 1.81. The standard InChI is InChI=1S/C8H12N2OS/c11-7-3-1-2-5-10(7)8-9-4-6-12-8/h1,3,8-9H,2,4-6H2. The van der Waals surface area contributed by atoms with Crippen LogP contribution in [0.25, 0.3) is 0 Å². The minimum atomic E-state index is 0.146. The van der Waals surface area contributed by atoms with Crippen LogP contribution in [0.5, 0.6) is 0 Å². The molecule has 1 N–H and O–H groups in total. The van der Waals surface area contributed by atoms with E-state index in [0.29, 0.717) is 0 Å². The molecular formula is C8H12N2OS. The minimum absolute atomic E-state index is 0.146. The smallest absolute Gasteiger partial charge is 0.248 e. The molecule has 1 unspecified atom stereocenters. The van der Waals surface area contributed by atoms with Gasteiger partial charge in [0.15, 0.2) is 0 Å². The van der Waals surface area contributed by atoms with Gasteiger partial charge in [0.05, 0.1) is 0 Å². The second-order valence-electron chi connectivity index (χ2n) is 2.90. The third kappa shape index (κ3) is 1.49. The molecule has 12 heavy (non-hydrogen) atoms. The summed E-state index contributed by atoms with van der Waals surface area (Å²) in [5.74, 6) is 1.26. The monoisotopic (exact) mass is 184 g/mol. The first-order valence-electron chi connectivity index (χ1n) is 4.20. The maximum absolute atomic E-state index is 11.4. The van der Waals surface area contributed by atoms with E-state index in [-0.39, 0.29) is 11.4 Å². The van der Waals surface area contributed by atoms with Crippen molar-refractivity contribution in [3.63, 3.8) is 0 Å². The molecule has 3 nitrogen and oxygen atoms in total. The van der Waals surface area contributed by atoms with Gasteiger partial charge in [-0.2, -0.15) is 0 Å². The van der Waals surface area contributed by atoms with Gasteiger partial charge < -0.3 is 4.90 Å². The van der Waals surface area contributed by atoms with Crippen molar-refractivity contribution >= 4 is 17.7 Å². The van der Waals surface area contributed by atoms with Gasteiger partial charge in [-0.05, 0) is 12.5 Å². The SMILES string of the molecule is O=C1C=CCCN1C1NCCS1. The zero-order chi connectivity index (χ0) is 8.39. The van der Waals surface area contributed by atoms with E-state index in [4.69, 9.17) is 0 Å². The fraction of sp³-hybridized carbons (Fsp3) is 0.625. The molecule has 0 spiro atoms. The quantitative estimate of drug-likeness (QED) is 0.640. The minimum Gasteiger partial charge on any atom is -0.314 e. The number of hydrogen-bond acceptors (Lipinski definition) is 3. The molecule has 0 radical (unpaired) electrons. The molecule has 0 aromatic carbocycles. The Kier molecular flexibility index (Phi) is 2.37. The number of nitrogens with zero attached hydrogens (tertiary/aromatic N) is 1. The molecule has 0 saturated carbocycles. The van der Waals surface area contributed by atoms with Gasteiger partial charge in [0.25, 0.3) is 0 Å². The molecule has 0 bridgehead atoms. The predicted molar refractivity (Wildman–Crippen MR) is 49.7 cm³/mol. The van der Waals surface area contributed by atoms with Gasteiger partial charge in [-0.15, -0.1) is 11.8 Å². The molecule has 2 aliphatic rings. The molecule has 1 atom stereocenters. The summed E-state index contributed by atoms with van der Waals surface area (Å²) in [6.45, 7) is 1.88. The van der Waals surface area contributed by atoms with E-state index in [1.807, 2.05) is 22.7 Å². The summed E-state index contributed by atoms with van der Waals surface area (Å²) < 4.78 is 0. The highest BCUT2D eigenvalue weighted by atomic mass is 32.2. The summed E-state index contributed by atoms with van der Waals surface area (Å²) in [6.07, 6.45) is 4.60. The zero-order valence-electron chi connectivity index (χ0n) is 6.82. The largest absolute Gasteiger partial charge is 0.314 e. The summed E-state index contributed by atoms with van der Waals surface area (Å²) in [5, 5.41) is 3.29. The van der Waals surface area contributed by atoms with Crippen molar-refractivity contribution in [1.82, 2.24) is 10.2 Å². The van der Waals surface area contributed by atoms with Crippen LogP contribution < -0.4 is 5.32 Å². The highest BCUT2D eigenvalue weighted by molar-refractivity contribution is 8.00. The number of carbonyl (C=O) groups excluding carboxylic acids is 1. The second kappa shape index (κ2) is 3.49. The summed E-state index contributed by atoms with van der Waals surface area (Å²) in [5.41, 5.74) is 0.224. The average Bonchev–Trinajstić information content (AvgIpc) is 2.57. The van der Waals surface area contributed by atoms with Crippen molar-refractivity contribution in [2.45, 2.75) is 11.9 Å². The fourth-order valence-electron chi connectivity index (χ4n) is 1.45. The Morgan fingerprint density at radius 2 is 2.58 bits per heavy atom. The zero-order valence-corrected chi connectivity index (χ0v) is 7.64. The number of rotatable bonds is 1. The summed E-state index contributed by atoms with van der Waals surface area (Å²) in [4.78, 5) is 13.3. The van der Waals surface area contributed by atoms with Gasteiger partial charge in [0.1, 0.15) is 5.50 Å². The lowest BCUT2D eigenvalue weighted by molar-refractivity contribution is -0.127. The normalized spacial score (nSPS) is 29.8. The Hall–Kier alpha value is -0.480. The van der Waals surface area contributed by atoms with Crippen LogP contribution in [0.3, 0.4) is 0 Å². The van der Waals surface area contributed by atoms with Crippen LogP contribution in [-0.4, -0.2) is 35.1 Å². The molecule has 2 aliphatic heterocycles. The number of amides is 1. The van der Waals surface area contributed by atoms with Crippen LogP contribution in [0, 0.1) is 0 Å². The van der Waals surface area contributed by atoms with E-state index in [0.717, 1.165) is 25.3 Å². The Bertz CT molecular complexity index is 211. The lowest BCUT2D eigenvalue weighted by atomic mass is 10.2. The van der Waals surface area contributed by atoms with Crippen molar-refractivity contribution in [2.24, 2.45) is 0 Å². The molecule has 0 aromatic rings. The first-order valence-corrected chi connectivity index (χ1v) is 5.25.